The molecule has 9 heteroatoms. The zero-order valence-corrected chi connectivity index (χ0v) is 15.8. The average molecular weight is 397 g/mol. The molecule has 0 radical (unpaired) electrons. The van der Waals surface area contributed by atoms with E-state index in [4.69, 9.17) is 5.11 Å². The van der Waals surface area contributed by atoms with E-state index in [0.717, 1.165) is 32.1 Å². The van der Waals surface area contributed by atoms with Crippen LogP contribution in [0.15, 0.2) is 48.8 Å². The molecule has 1 saturated heterocycles. The average Bonchev–Trinajstić information content (AvgIpc) is 3.14. The number of anilines is 1. The number of carboxylic acid groups (broad SMARTS) is 1. The summed E-state index contributed by atoms with van der Waals surface area (Å²) >= 11 is 0. The van der Waals surface area contributed by atoms with Gasteiger partial charge in [-0.25, -0.2) is 10.0 Å². The number of carbonyl (C=O) groups excluding carboxylic acids is 1. The second kappa shape index (κ2) is 9.76. The first kappa shape index (κ1) is 20.4. The van der Waals surface area contributed by atoms with Gasteiger partial charge in [0.15, 0.2) is 0 Å². The SMILES string of the molecule is O=C(O)CN(O)C(=O)C=Cc1cnc(N[C@@H]2CCN(Cc3ccccc3)C2)cn1. The molecule has 152 valence electrons. The Morgan fingerprint density at radius 3 is 2.72 bits per heavy atom. The largest absolute Gasteiger partial charge is 0.480 e. The first-order chi connectivity index (χ1) is 14.0. The van der Waals surface area contributed by atoms with Crippen LogP contribution in [0, 0.1) is 0 Å². The number of benzene rings is 1. The number of nitrogens with one attached hydrogen (secondary N) is 1. The summed E-state index contributed by atoms with van der Waals surface area (Å²) in [6.45, 7) is 2.06. The number of amides is 1. The van der Waals surface area contributed by atoms with E-state index in [1.807, 2.05) is 18.2 Å². The van der Waals surface area contributed by atoms with Crippen LogP contribution in [0.1, 0.15) is 17.7 Å². The highest BCUT2D eigenvalue weighted by Crippen LogP contribution is 2.16. The number of hydrogen-bond acceptors (Lipinski definition) is 7. The zero-order valence-electron chi connectivity index (χ0n) is 15.8. The number of carboxylic acids is 1. The van der Waals surface area contributed by atoms with Gasteiger partial charge in [-0.2, -0.15) is 0 Å². The molecule has 1 aliphatic heterocycles. The number of nitrogens with zero attached hydrogens (tertiary/aromatic N) is 4. The summed E-state index contributed by atoms with van der Waals surface area (Å²) in [6.07, 6.45) is 6.50. The van der Waals surface area contributed by atoms with E-state index in [2.05, 4.69) is 32.3 Å². The second-order valence-electron chi connectivity index (χ2n) is 6.80. The fourth-order valence-electron chi connectivity index (χ4n) is 3.09. The van der Waals surface area contributed by atoms with Crippen molar-refractivity contribution in [3.8, 4) is 0 Å². The third-order valence-electron chi connectivity index (χ3n) is 4.48. The molecule has 3 N–H and O–H groups in total. The zero-order chi connectivity index (χ0) is 20.6. The lowest BCUT2D eigenvalue weighted by molar-refractivity contribution is -0.168. The highest BCUT2D eigenvalue weighted by atomic mass is 16.5. The van der Waals surface area contributed by atoms with Crippen molar-refractivity contribution in [3.63, 3.8) is 0 Å². The number of aliphatic carboxylic acids is 1. The number of aromatic nitrogens is 2. The van der Waals surface area contributed by atoms with Gasteiger partial charge in [0.2, 0.25) is 0 Å². The van der Waals surface area contributed by atoms with Crippen molar-refractivity contribution in [2.75, 3.05) is 25.0 Å². The Kier molecular flexibility index (Phi) is 6.88. The summed E-state index contributed by atoms with van der Waals surface area (Å²) in [5.74, 6) is -1.51. The molecule has 1 aromatic heterocycles. The van der Waals surface area contributed by atoms with Crippen LogP contribution < -0.4 is 5.32 Å². The molecule has 9 nitrogen and oxygen atoms in total. The molecule has 0 spiro atoms. The van der Waals surface area contributed by atoms with Gasteiger partial charge in [0, 0.05) is 31.8 Å². The number of likely N-dealkylation sites (tertiary alicyclic amines) is 1. The summed E-state index contributed by atoms with van der Waals surface area (Å²) in [7, 11) is 0. The van der Waals surface area contributed by atoms with Crippen LogP contribution in [0.4, 0.5) is 5.82 Å². The molecule has 1 fully saturated rings. The van der Waals surface area contributed by atoms with Crippen molar-refractivity contribution >= 4 is 23.8 Å². The van der Waals surface area contributed by atoms with Gasteiger partial charge >= 0.3 is 5.97 Å². The lowest BCUT2D eigenvalue weighted by Gasteiger charge is -2.17. The number of hydroxylamine groups is 2. The Morgan fingerprint density at radius 1 is 1.24 bits per heavy atom. The van der Waals surface area contributed by atoms with Crippen molar-refractivity contribution in [1.82, 2.24) is 19.9 Å². The molecule has 0 saturated carbocycles. The molecule has 1 atom stereocenters. The van der Waals surface area contributed by atoms with Gasteiger partial charge < -0.3 is 10.4 Å². The maximum atomic E-state index is 11.6. The lowest BCUT2D eigenvalue weighted by Crippen LogP contribution is -2.31. The van der Waals surface area contributed by atoms with Crippen LogP contribution in [0.2, 0.25) is 0 Å². The van der Waals surface area contributed by atoms with E-state index in [0.29, 0.717) is 11.5 Å². The molecular formula is C20H23N5O4. The molecule has 0 aliphatic carbocycles. The van der Waals surface area contributed by atoms with E-state index < -0.39 is 18.4 Å². The fourth-order valence-corrected chi connectivity index (χ4v) is 3.09. The van der Waals surface area contributed by atoms with E-state index in [1.165, 1.54) is 17.8 Å². The molecule has 0 bridgehead atoms. The summed E-state index contributed by atoms with van der Waals surface area (Å²) < 4.78 is 0. The molecule has 0 unspecified atom stereocenters. The van der Waals surface area contributed by atoms with Crippen LogP contribution in [0.5, 0.6) is 0 Å². The number of carbonyl (C=O) groups is 2. The minimum Gasteiger partial charge on any atom is -0.480 e. The van der Waals surface area contributed by atoms with Crippen LogP contribution in [0.25, 0.3) is 6.08 Å². The van der Waals surface area contributed by atoms with E-state index in [1.54, 1.807) is 6.20 Å². The predicted molar refractivity (Wildman–Crippen MR) is 106 cm³/mol. The molecule has 1 aromatic carbocycles. The smallest absolute Gasteiger partial charge is 0.325 e. The number of hydrogen-bond donors (Lipinski definition) is 3. The molecule has 29 heavy (non-hydrogen) atoms. The van der Waals surface area contributed by atoms with Crippen LogP contribution >= 0.6 is 0 Å². The van der Waals surface area contributed by atoms with Gasteiger partial charge in [0.05, 0.1) is 18.1 Å². The van der Waals surface area contributed by atoms with E-state index >= 15 is 0 Å². The van der Waals surface area contributed by atoms with Crippen molar-refractivity contribution in [1.29, 1.82) is 0 Å². The number of rotatable bonds is 8. The second-order valence-corrected chi connectivity index (χ2v) is 6.80. The summed E-state index contributed by atoms with van der Waals surface area (Å²) in [4.78, 5) is 32.9. The molecular weight excluding hydrogens is 374 g/mol. The molecule has 2 aromatic rings. The Labute approximate surface area is 168 Å². The van der Waals surface area contributed by atoms with Gasteiger partial charge in [-0.15, -0.1) is 0 Å². The van der Waals surface area contributed by atoms with Crippen LogP contribution in [-0.4, -0.2) is 67.8 Å². The normalized spacial score (nSPS) is 16.8. The highest BCUT2D eigenvalue weighted by Gasteiger charge is 2.22. The fraction of sp³-hybridized carbons (Fsp3) is 0.300. The van der Waals surface area contributed by atoms with Gasteiger partial charge in [-0.1, -0.05) is 30.3 Å². The minimum absolute atomic E-state index is 0.115. The molecule has 2 heterocycles. The Morgan fingerprint density at radius 2 is 2.03 bits per heavy atom. The van der Waals surface area contributed by atoms with E-state index in [-0.39, 0.29) is 11.1 Å². The Balaban J connectivity index is 1.47. The summed E-state index contributed by atoms with van der Waals surface area (Å²) in [5, 5.41) is 21.3. The lowest BCUT2D eigenvalue weighted by atomic mass is 10.2. The van der Waals surface area contributed by atoms with Crippen LogP contribution in [0.3, 0.4) is 0 Å². The van der Waals surface area contributed by atoms with Crippen molar-refractivity contribution in [2.24, 2.45) is 0 Å². The van der Waals surface area contributed by atoms with Gasteiger partial charge in [0.25, 0.3) is 5.91 Å². The quantitative estimate of drug-likeness (QED) is 0.348. The van der Waals surface area contributed by atoms with Crippen molar-refractivity contribution in [2.45, 2.75) is 19.0 Å². The Hall–Kier alpha value is -3.30. The van der Waals surface area contributed by atoms with Crippen molar-refractivity contribution in [3.05, 3.63) is 60.1 Å². The summed E-state index contributed by atoms with van der Waals surface area (Å²) in [5.41, 5.74) is 1.72. The third-order valence-corrected chi connectivity index (χ3v) is 4.48. The van der Waals surface area contributed by atoms with Gasteiger partial charge in [-0.05, 0) is 18.1 Å². The standard InChI is InChI=1S/C20H23N5O4/c26-19(25(29)14-20(27)28)7-6-16-10-22-18(11-21-16)23-17-8-9-24(13-17)12-15-4-2-1-3-5-15/h1-7,10-11,17,29H,8-9,12-14H2,(H,22,23)(H,27,28)/t17-/m1/s1. The molecule has 1 amide bonds. The molecule has 3 rings (SSSR count). The molecule has 1 aliphatic rings. The Bertz CT molecular complexity index is 857. The van der Waals surface area contributed by atoms with Crippen LogP contribution in [-0.2, 0) is 16.1 Å². The summed E-state index contributed by atoms with van der Waals surface area (Å²) in [6, 6.07) is 10.6. The first-order valence-corrected chi connectivity index (χ1v) is 9.24. The highest BCUT2D eigenvalue weighted by molar-refractivity contribution is 5.92. The monoisotopic (exact) mass is 397 g/mol. The first-order valence-electron chi connectivity index (χ1n) is 9.24. The van der Waals surface area contributed by atoms with Crippen molar-refractivity contribution < 1.29 is 19.9 Å². The minimum atomic E-state index is -1.31. The maximum Gasteiger partial charge on any atom is 0.325 e. The predicted octanol–water partition coefficient (Wildman–Crippen LogP) is 1.48. The van der Waals surface area contributed by atoms with E-state index in [9.17, 15) is 14.8 Å². The van der Waals surface area contributed by atoms with Gasteiger partial charge in [-0.3, -0.25) is 24.7 Å². The van der Waals surface area contributed by atoms with Gasteiger partial charge in [0.1, 0.15) is 12.4 Å². The topological polar surface area (TPSA) is 119 Å². The maximum absolute atomic E-state index is 11.6. The third kappa shape index (κ3) is 6.37.